The Kier molecular flexibility index (Phi) is 4.42. The highest BCUT2D eigenvalue weighted by Gasteiger charge is 2.12. The van der Waals surface area contributed by atoms with Crippen LogP contribution in [0.25, 0.3) is 10.9 Å². The molecule has 2 aromatic carbocycles. The van der Waals surface area contributed by atoms with Crippen LogP contribution in [0.2, 0.25) is 0 Å². The Hall–Kier alpha value is -2.95. The number of amides is 1. The first-order valence-electron chi connectivity index (χ1n) is 7.73. The van der Waals surface area contributed by atoms with Gasteiger partial charge in [-0.05, 0) is 36.2 Å². The van der Waals surface area contributed by atoms with E-state index in [1.54, 1.807) is 16.8 Å². The highest BCUT2D eigenvalue weighted by Crippen LogP contribution is 2.22. The average molecular weight is 324 g/mol. The lowest BCUT2D eigenvalue weighted by molar-refractivity contribution is -0.116. The second-order valence-corrected chi connectivity index (χ2v) is 5.55. The number of para-hydroxylation sites is 1. The normalized spacial score (nSPS) is 10.8. The Morgan fingerprint density at radius 1 is 1.25 bits per heavy atom. The fourth-order valence-corrected chi connectivity index (χ4v) is 2.82. The van der Waals surface area contributed by atoms with Gasteiger partial charge in [-0.15, -0.1) is 0 Å². The van der Waals surface area contributed by atoms with Gasteiger partial charge in [0.05, 0.1) is 0 Å². The summed E-state index contributed by atoms with van der Waals surface area (Å²) in [4.78, 5) is 23.5. The molecule has 0 atom stereocenters. The minimum atomic E-state index is -0.412. The first-order chi connectivity index (χ1) is 11.6. The van der Waals surface area contributed by atoms with Crippen LogP contribution in [0, 0.1) is 5.82 Å². The molecule has 0 aliphatic heterocycles. The van der Waals surface area contributed by atoms with Crippen LogP contribution < -0.4 is 5.32 Å². The second-order valence-electron chi connectivity index (χ2n) is 5.55. The van der Waals surface area contributed by atoms with Crippen LogP contribution >= 0.6 is 0 Å². The molecule has 5 heteroatoms. The van der Waals surface area contributed by atoms with Crippen LogP contribution in [0.5, 0.6) is 0 Å². The zero-order chi connectivity index (χ0) is 17.1. The van der Waals surface area contributed by atoms with E-state index in [-0.39, 0.29) is 12.5 Å². The standard InChI is InChI=1S/C19H17FN2O2/c1-2-13-5-3-4-6-17(13)21-19(24)11-22-10-14(12-23)16-9-15(20)7-8-18(16)22/h3-10,12H,2,11H2,1H3,(H,21,24). The number of rotatable bonds is 5. The van der Waals surface area contributed by atoms with Gasteiger partial charge < -0.3 is 9.88 Å². The van der Waals surface area contributed by atoms with Crippen molar-refractivity contribution in [3.05, 3.63) is 65.6 Å². The molecule has 4 nitrogen and oxygen atoms in total. The number of aromatic nitrogens is 1. The van der Waals surface area contributed by atoms with Crippen LogP contribution in [0.3, 0.4) is 0 Å². The Morgan fingerprint density at radius 2 is 2.04 bits per heavy atom. The zero-order valence-electron chi connectivity index (χ0n) is 13.3. The maximum atomic E-state index is 13.4. The molecule has 1 amide bonds. The second kappa shape index (κ2) is 6.66. The summed E-state index contributed by atoms with van der Waals surface area (Å²) in [5.41, 5.74) is 2.85. The fourth-order valence-electron chi connectivity index (χ4n) is 2.82. The lowest BCUT2D eigenvalue weighted by atomic mass is 10.1. The number of anilines is 1. The number of nitrogens with one attached hydrogen (secondary N) is 1. The van der Waals surface area contributed by atoms with E-state index in [4.69, 9.17) is 0 Å². The molecule has 0 spiro atoms. The van der Waals surface area contributed by atoms with Gasteiger partial charge in [-0.1, -0.05) is 25.1 Å². The van der Waals surface area contributed by atoms with Gasteiger partial charge in [-0.3, -0.25) is 9.59 Å². The van der Waals surface area contributed by atoms with Crippen molar-refractivity contribution < 1.29 is 14.0 Å². The highest BCUT2D eigenvalue weighted by atomic mass is 19.1. The number of carbonyl (C=O) groups is 2. The van der Waals surface area contributed by atoms with E-state index >= 15 is 0 Å². The van der Waals surface area contributed by atoms with Gasteiger partial charge in [0.2, 0.25) is 5.91 Å². The van der Waals surface area contributed by atoms with Crippen LogP contribution in [-0.4, -0.2) is 16.8 Å². The summed E-state index contributed by atoms with van der Waals surface area (Å²) < 4.78 is 15.0. The first-order valence-corrected chi connectivity index (χ1v) is 7.73. The lowest BCUT2D eigenvalue weighted by Gasteiger charge is -2.10. The largest absolute Gasteiger partial charge is 0.337 e. The summed E-state index contributed by atoms with van der Waals surface area (Å²) in [6.45, 7) is 2.07. The SMILES string of the molecule is CCc1ccccc1NC(=O)Cn1cc(C=O)c2cc(F)ccc21. The summed E-state index contributed by atoms with van der Waals surface area (Å²) in [5, 5.41) is 3.40. The van der Waals surface area contributed by atoms with E-state index in [1.165, 1.54) is 12.1 Å². The monoisotopic (exact) mass is 324 g/mol. The Bertz CT molecular complexity index is 915. The molecule has 0 unspecified atom stereocenters. The number of hydrogen-bond acceptors (Lipinski definition) is 2. The van der Waals surface area contributed by atoms with Crippen molar-refractivity contribution in [1.29, 1.82) is 0 Å². The number of nitrogens with zero attached hydrogens (tertiary/aromatic N) is 1. The van der Waals surface area contributed by atoms with Gasteiger partial charge >= 0.3 is 0 Å². The molecule has 0 saturated heterocycles. The van der Waals surface area contributed by atoms with Crippen molar-refractivity contribution in [3.63, 3.8) is 0 Å². The van der Waals surface area contributed by atoms with Crippen LogP contribution in [0.15, 0.2) is 48.7 Å². The Labute approximate surface area is 138 Å². The molecular formula is C19H17FN2O2. The summed E-state index contributed by atoms with van der Waals surface area (Å²) in [6.07, 6.45) is 3.06. The van der Waals surface area contributed by atoms with Crippen LogP contribution in [0.1, 0.15) is 22.8 Å². The number of aldehydes is 1. The third-order valence-electron chi connectivity index (χ3n) is 3.99. The molecule has 3 aromatic rings. The van der Waals surface area contributed by atoms with Crippen molar-refractivity contribution in [3.8, 4) is 0 Å². The van der Waals surface area contributed by atoms with Gasteiger partial charge in [0.1, 0.15) is 12.4 Å². The minimum Gasteiger partial charge on any atom is -0.337 e. The third-order valence-corrected chi connectivity index (χ3v) is 3.99. The Balaban J connectivity index is 1.87. The molecule has 0 aliphatic carbocycles. The minimum absolute atomic E-state index is 0.0496. The smallest absolute Gasteiger partial charge is 0.244 e. The third kappa shape index (κ3) is 3.06. The topological polar surface area (TPSA) is 51.1 Å². The van der Waals surface area contributed by atoms with Crippen molar-refractivity contribution in [2.75, 3.05) is 5.32 Å². The molecule has 3 rings (SSSR count). The van der Waals surface area contributed by atoms with Gasteiger partial charge in [0, 0.05) is 28.4 Å². The van der Waals surface area contributed by atoms with Crippen LogP contribution in [0.4, 0.5) is 10.1 Å². The maximum Gasteiger partial charge on any atom is 0.244 e. The van der Waals surface area contributed by atoms with E-state index in [1.807, 2.05) is 31.2 Å². The predicted molar refractivity (Wildman–Crippen MR) is 91.7 cm³/mol. The van der Waals surface area contributed by atoms with Crippen molar-refractivity contribution in [2.24, 2.45) is 0 Å². The molecular weight excluding hydrogens is 307 g/mol. The summed E-state index contributed by atoms with van der Waals surface area (Å²) in [5.74, 6) is -0.612. The summed E-state index contributed by atoms with van der Waals surface area (Å²) >= 11 is 0. The molecule has 1 aromatic heterocycles. The lowest BCUT2D eigenvalue weighted by Crippen LogP contribution is -2.19. The fraction of sp³-hybridized carbons (Fsp3) is 0.158. The Morgan fingerprint density at radius 3 is 2.79 bits per heavy atom. The van der Waals surface area contributed by atoms with Crippen LogP contribution in [-0.2, 0) is 17.8 Å². The molecule has 0 aliphatic rings. The van der Waals surface area contributed by atoms with E-state index in [0.717, 1.165) is 17.7 Å². The number of aryl methyl sites for hydroxylation is 1. The molecule has 1 heterocycles. The predicted octanol–water partition coefficient (Wildman–Crippen LogP) is 3.79. The quantitative estimate of drug-likeness (QED) is 0.726. The van der Waals surface area contributed by atoms with E-state index in [2.05, 4.69) is 5.32 Å². The van der Waals surface area contributed by atoms with Crippen molar-refractivity contribution in [2.45, 2.75) is 19.9 Å². The maximum absolute atomic E-state index is 13.4. The first kappa shape index (κ1) is 15.9. The number of hydrogen-bond donors (Lipinski definition) is 1. The number of fused-ring (bicyclic) bond motifs is 1. The van der Waals surface area contributed by atoms with Gasteiger partial charge in [0.15, 0.2) is 6.29 Å². The number of carbonyl (C=O) groups excluding carboxylic acids is 2. The summed E-state index contributed by atoms with van der Waals surface area (Å²) in [7, 11) is 0. The molecule has 0 radical (unpaired) electrons. The van der Waals surface area contributed by atoms with Gasteiger partial charge in [0.25, 0.3) is 0 Å². The molecule has 0 bridgehead atoms. The zero-order valence-corrected chi connectivity index (χ0v) is 13.3. The molecule has 0 fully saturated rings. The molecule has 0 saturated carbocycles. The van der Waals surface area contributed by atoms with E-state index < -0.39 is 5.82 Å². The molecule has 122 valence electrons. The molecule has 24 heavy (non-hydrogen) atoms. The van der Waals surface area contributed by atoms with Crippen molar-refractivity contribution >= 4 is 28.8 Å². The number of benzene rings is 2. The van der Waals surface area contributed by atoms with Gasteiger partial charge in [-0.2, -0.15) is 0 Å². The summed E-state index contributed by atoms with van der Waals surface area (Å²) in [6, 6.07) is 11.8. The van der Waals surface area contributed by atoms with E-state index in [0.29, 0.717) is 22.8 Å². The number of halogens is 1. The van der Waals surface area contributed by atoms with Gasteiger partial charge in [-0.25, -0.2) is 4.39 Å². The highest BCUT2D eigenvalue weighted by molar-refractivity contribution is 5.99. The van der Waals surface area contributed by atoms with E-state index in [9.17, 15) is 14.0 Å². The molecule has 1 N–H and O–H groups in total. The van der Waals surface area contributed by atoms with Crippen molar-refractivity contribution in [1.82, 2.24) is 4.57 Å². The average Bonchev–Trinajstić information content (AvgIpc) is 2.92.